The van der Waals surface area contributed by atoms with Crippen LogP contribution in [0, 0.1) is 6.92 Å². The molecule has 0 aromatic heterocycles. The Kier molecular flexibility index (Phi) is 2.47. The SMILES string of the molecule is Cc1cccc2c1NC(CO)CS2. The summed E-state index contributed by atoms with van der Waals surface area (Å²) in [7, 11) is 0. The van der Waals surface area contributed by atoms with E-state index in [0.29, 0.717) is 0 Å². The van der Waals surface area contributed by atoms with Gasteiger partial charge in [0.25, 0.3) is 0 Å². The highest BCUT2D eigenvalue weighted by Gasteiger charge is 2.17. The summed E-state index contributed by atoms with van der Waals surface area (Å²) in [6.07, 6.45) is 0. The van der Waals surface area contributed by atoms with Gasteiger partial charge in [0.2, 0.25) is 0 Å². The number of aliphatic hydroxyl groups is 1. The lowest BCUT2D eigenvalue weighted by Gasteiger charge is -2.26. The second-order valence-corrected chi connectivity index (χ2v) is 4.34. The quantitative estimate of drug-likeness (QED) is 0.717. The Morgan fingerprint density at radius 1 is 1.62 bits per heavy atom. The molecule has 13 heavy (non-hydrogen) atoms. The van der Waals surface area contributed by atoms with Gasteiger partial charge in [0, 0.05) is 10.6 Å². The summed E-state index contributed by atoms with van der Waals surface area (Å²) in [5.74, 6) is 0.951. The maximum Gasteiger partial charge on any atom is 0.0641 e. The highest BCUT2D eigenvalue weighted by molar-refractivity contribution is 7.99. The van der Waals surface area contributed by atoms with Crippen molar-refractivity contribution in [3.63, 3.8) is 0 Å². The van der Waals surface area contributed by atoms with Crippen LogP contribution in [0.15, 0.2) is 23.1 Å². The molecule has 2 nitrogen and oxygen atoms in total. The molecule has 1 unspecified atom stereocenters. The Morgan fingerprint density at radius 3 is 3.23 bits per heavy atom. The van der Waals surface area contributed by atoms with E-state index < -0.39 is 0 Å². The Labute approximate surface area is 82.4 Å². The first-order chi connectivity index (χ1) is 6.31. The van der Waals surface area contributed by atoms with Crippen LogP contribution in [-0.2, 0) is 0 Å². The average Bonchev–Trinajstić information content (AvgIpc) is 2.18. The number of anilines is 1. The monoisotopic (exact) mass is 195 g/mol. The maximum atomic E-state index is 9.03. The lowest BCUT2D eigenvalue weighted by molar-refractivity contribution is 0.282. The van der Waals surface area contributed by atoms with Crippen LogP contribution in [0.3, 0.4) is 0 Å². The number of aryl methyl sites for hydroxylation is 1. The number of aliphatic hydroxyl groups excluding tert-OH is 1. The standard InChI is InChI=1S/C10H13NOS/c1-7-3-2-4-9-10(7)11-8(5-12)6-13-9/h2-4,8,11-12H,5-6H2,1H3. The molecular formula is C10H13NOS. The van der Waals surface area contributed by atoms with Gasteiger partial charge in [0.15, 0.2) is 0 Å². The number of nitrogens with one attached hydrogen (secondary N) is 1. The zero-order valence-electron chi connectivity index (χ0n) is 7.58. The molecule has 0 amide bonds. The van der Waals surface area contributed by atoms with Crippen molar-refractivity contribution in [3.05, 3.63) is 23.8 Å². The molecule has 1 aromatic rings. The predicted molar refractivity (Wildman–Crippen MR) is 56.4 cm³/mol. The van der Waals surface area contributed by atoms with Crippen molar-refractivity contribution in [2.45, 2.75) is 17.9 Å². The minimum absolute atomic E-state index is 0.207. The van der Waals surface area contributed by atoms with Crippen molar-refractivity contribution in [1.82, 2.24) is 0 Å². The molecule has 1 aliphatic heterocycles. The van der Waals surface area contributed by atoms with Crippen molar-refractivity contribution in [2.24, 2.45) is 0 Å². The molecular weight excluding hydrogens is 182 g/mol. The van der Waals surface area contributed by atoms with E-state index in [1.54, 1.807) is 0 Å². The first kappa shape index (κ1) is 8.91. The summed E-state index contributed by atoms with van der Waals surface area (Å²) in [6, 6.07) is 6.49. The Morgan fingerprint density at radius 2 is 2.46 bits per heavy atom. The molecule has 1 heterocycles. The van der Waals surface area contributed by atoms with Crippen molar-refractivity contribution >= 4 is 17.4 Å². The summed E-state index contributed by atoms with van der Waals surface area (Å²) >= 11 is 1.81. The van der Waals surface area contributed by atoms with Crippen LogP contribution >= 0.6 is 11.8 Å². The van der Waals surface area contributed by atoms with Crippen LogP contribution in [-0.4, -0.2) is 23.5 Å². The van der Waals surface area contributed by atoms with Gasteiger partial charge in [0.1, 0.15) is 0 Å². The van der Waals surface area contributed by atoms with Crippen LogP contribution in [0.4, 0.5) is 5.69 Å². The Balaban J connectivity index is 2.32. The van der Waals surface area contributed by atoms with Crippen LogP contribution < -0.4 is 5.32 Å². The minimum Gasteiger partial charge on any atom is -0.394 e. The third kappa shape index (κ3) is 1.67. The normalized spacial score (nSPS) is 20.6. The average molecular weight is 195 g/mol. The molecule has 0 bridgehead atoms. The number of hydrogen-bond acceptors (Lipinski definition) is 3. The lowest BCUT2D eigenvalue weighted by Crippen LogP contribution is -2.29. The molecule has 0 spiro atoms. The molecule has 2 N–H and O–H groups in total. The zero-order valence-corrected chi connectivity index (χ0v) is 8.40. The van der Waals surface area contributed by atoms with Gasteiger partial charge < -0.3 is 10.4 Å². The van der Waals surface area contributed by atoms with Crippen molar-refractivity contribution in [1.29, 1.82) is 0 Å². The second-order valence-electron chi connectivity index (χ2n) is 3.28. The van der Waals surface area contributed by atoms with Gasteiger partial charge in [-0.2, -0.15) is 0 Å². The molecule has 0 saturated heterocycles. The van der Waals surface area contributed by atoms with E-state index in [4.69, 9.17) is 5.11 Å². The van der Waals surface area contributed by atoms with Crippen LogP contribution in [0.1, 0.15) is 5.56 Å². The summed E-state index contributed by atoms with van der Waals surface area (Å²) in [5, 5.41) is 12.4. The summed E-state index contributed by atoms with van der Waals surface area (Å²) in [5.41, 5.74) is 2.45. The Hall–Kier alpha value is -0.670. The first-order valence-electron chi connectivity index (χ1n) is 4.41. The predicted octanol–water partition coefficient (Wildman–Crippen LogP) is 1.87. The van der Waals surface area contributed by atoms with Crippen molar-refractivity contribution in [3.8, 4) is 0 Å². The molecule has 3 heteroatoms. The molecule has 1 aromatic carbocycles. The first-order valence-corrected chi connectivity index (χ1v) is 5.39. The van der Waals surface area contributed by atoms with Crippen molar-refractivity contribution < 1.29 is 5.11 Å². The van der Waals surface area contributed by atoms with E-state index in [1.807, 2.05) is 11.8 Å². The maximum absolute atomic E-state index is 9.03. The molecule has 0 fully saturated rings. The summed E-state index contributed by atoms with van der Waals surface area (Å²) < 4.78 is 0. The van der Waals surface area contributed by atoms with Gasteiger partial charge in [-0.3, -0.25) is 0 Å². The van der Waals surface area contributed by atoms with E-state index in [9.17, 15) is 0 Å². The van der Waals surface area contributed by atoms with E-state index in [-0.39, 0.29) is 12.6 Å². The fraction of sp³-hybridized carbons (Fsp3) is 0.400. The smallest absolute Gasteiger partial charge is 0.0641 e. The second kappa shape index (κ2) is 3.60. The van der Waals surface area contributed by atoms with Gasteiger partial charge in [-0.25, -0.2) is 0 Å². The van der Waals surface area contributed by atoms with E-state index >= 15 is 0 Å². The number of rotatable bonds is 1. The lowest BCUT2D eigenvalue weighted by atomic mass is 10.2. The number of hydrogen-bond donors (Lipinski definition) is 2. The zero-order chi connectivity index (χ0) is 9.26. The number of para-hydroxylation sites is 1. The van der Waals surface area contributed by atoms with Crippen LogP contribution in [0.5, 0.6) is 0 Å². The third-order valence-electron chi connectivity index (χ3n) is 2.24. The van der Waals surface area contributed by atoms with Crippen molar-refractivity contribution in [2.75, 3.05) is 17.7 Å². The highest BCUT2D eigenvalue weighted by Crippen LogP contribution is 2.34. The van der Waals surface area contributed by atoms with Crippen LogP contribution in [0.25, 0.3) is 0 Å². The molecule has 0 saturated carbocycles. The molecule has 1 atom stereocenters. The molecule has 70 valence electrons. The fourth-order valence-corrected chi connectivity index (χ4v) is 2.59. The largest absolute Gasteiger partial charge is 0.394 e. The molecule has 0 aliphatic carbocycles. The van der Waals surface area contributed by atoms with Gasteiger partial charge >= 0.3 is 0 Å². The summed E-state index contributed by atoms with van der Waals surface area (Å²) in [4.78, 5) is 1.30. The number of thioether (sulfide) groups is 1. The topological polar surface area (TPSA) is 32.3 Å². The highest BCUT2D eigenvalue weighted by atomic mass is 32.2. The van der Waals surface area contributed by atoms with E-state index in [0.717, 1.165) is 5.75 Å². The minimum atomic E-state index is 0.207. The van der Waals surface area contributed by atoms with Gasteiger partial charge in [0.05, 0.1) is 18.3 Å². The fourth-order valence-electron chi connectivity index (χ4n) is 1.48. The van der Waals surface area contributed by atoms with Gasteiger partial charge in [-0.15, -0.1) is 11.8 Å². The van der Waals surface area contributed by atoms with Gasteiger partial charge in [-0.05, 0) is 18.6 Å². The van der Waals surface area contributed by atoms with E-state index in [2.05, 4.69) is 30.4 Å². The van der Waals surface area contributed by atoms with E-state index in [1.165, 1.54) is 16.1 Å². The summed E-state index contributed by atoms with van der Waals surface area (Å²) in [6.45, 7) is 2.30. The number of fused-ring (bicyclic) bond motifs is 1. The molecule has 2 rings (SSSR count). The number of benzene rings is 1. The molecule has 1 aliphatic rings. The van der Waals surface area contributed by atoms with Crippen LogP contribution in [0.2, 0.25) is 0 Å². The molecule has 0 radical (unpaired) electrons. The Bertz CT molecular complexity index is 314. The third-order valence-corrected chi connectivity index (χ3v) is 3.46. The van der Waals surface area contributed by atoms with Gasteiger partial charge in [-0.1, -0.05) is 12.1 Å².